The van der Waals surface area contributed by atoms with Crippen LogP contribution in [0.2, 0.25) is 0 Å². The molecule has 0 spiro atoms. The first-order valence-corrected chi connectivity index (χ1v) is 13.6. The lowest BCUT2D eigenvalue weighted by Crippen LogP contribution is -2.78. The summed E-state index contributed by atoms with van der Waals surface area (Å²) in [4.78, 5) is 30.2. The van der Waals surface area contributed by atoms with E-state index < -0.39 is 33.0 Å². The van der Waals surface area contributed by atoms with E-state index in [-0.39, 0.29) is 30.5 Å². The number of carbonyl (C=O) groups excluding carboxylic acids is 2. The molecule has 1 aliphatic heterocycles. The molecule has 1 atom stereocenters. The van der Waals surface area contributed by atoms with Crippen LogP contribution < -0.4 is 15.2 Å². The normalized spacial score (nSPS) is 16.1. The van der Waals surface area contributed by atoms with Gasteiger partial charge in [0.15, 0.2) is 6.10 Å². The molecule has 2 amide bonds. The molecule has 2 aromatic carbocycles. The first-order chi connectivity index (χ1) is 17.7. The number of aliphatic hydroxyl groups is 1. The molecule has 0 aliphatic carbocycles. The number of nitrogens with two attached hydrogens (primary N) is 1. The minimum absolute atomic E-state index is 0.0910. The van der Waals surface area contributed by atoms with Gasteiger partial charge in [-0.1, -0.05) is 39.0 Å². The minimum atomic E-state index is -4.18. The predicted octanol–water partition coefficient (Wildman–Crippen LogP) is 1.87. The zero-order chi connectivity index (χ0) is 27.9. The number of carbonyl (C=O) groups is 2. The van der Waals surface area contributed by atoms with Crippen molar-refractivity contribution in [2.24, 2.45) is 11.1 Å². The van der Waals surface area contributed by atoms with Gasteiger partial charge in [-0.05, 0) is 43.3 Å². The van der Waals surface area contributed by atoms with E-state index in [0.717, 1.165) is 22.2 Å². The zero-order valence-corrected chi connectivity index (χ0v) is 22.6. The van der Waals surface area contributed by atoms with Crippen molar-refractivity contribution in [2.45, 2.75) is 50.8 Å². The van der Waals surface area contributed by atoms with Gasteiger partial charge in [0.05, 0.1) is 10.4 Å². The molecule has 0 bridgehead atoms. The van der Waals surface area contributed by atoms with E-state index in [2.05, 4.69) is 9.71 Å². The maximum absolute atomic E-state index is 13.2. The van der Waals surface area contributed by atoms with Gasteiger partial charge in [-0.25, -0.2) is 8.42 Å². The fourth-order valence-corrected chi connectivity index (χ4v) is 5.92. The SMILES string of the molecule is Cc1cc(COc2ccc(S(=O)(=O)NC3(C(O)C(N)=O)CN(C(=O)C(C)(C)C)C3)cc2)c2ccccc2n1. The number of fused-ring (bicyclic) bond motifs is 1. The summed E-state index contributed by atoms with van der Waals surface area (Å²) < 4.78 is 34.7. The van der Waals surface area contributed by atoms with Crippen molar-refractivity contribution in [3.63, 3.8) is 0 Å². The molecule has 11 heteroatoms. The third kappa shape index (κ3) is 5.50. The van der Waals surface area contributed by atoms with Gasteiger partial charge in [0.1, 0.15) is 17.9 Å². The van der Waals surface area contributed by atoms with Crippen LogP contribution in [0, 0.1) is 12.3 Å². The van der Waals surface area contributed by atoms with E-state index in [1.54, 1.807) is 20.8 Å². The standard InChI is InChI=1S/C27H32N4O6S/c1-17-13-18(21-7-5-6-8-22(21)29-17)14-37-19-9-11-20(12-10-19)38(35,36)30-27(23(32)24(28)33)15-31(16-27)25(34)26(2,3)4/h5-13,23,30,32H,14-16H2,1-4H3,(H2,28,33). The third-order valence-corrected chi connectivity index (χ3v) is 8.03. The van der Waals surface area contributed by atoms with E-state index in [9.17, 15) is 23.1 Å². The maximum Gasteiger partial charge on any atom is 0.248 e. The van der Waals surface area contributed by atoms with Crippen LogP contribution >= 0.6 is 0 Å². The highest BCUT2D eigenvalue weighted by Gasteiger charge is 2.55. The summed E-state index contributed by atoms with van der Waals surface area (Å²) in [5, 5.41) is 11.4. The third-order valence-electron chi connectivity index (χ3n) is 6.46. The van der Waals surface area contributed by atoms with Crippen molar-refractivity contribution in [1.82, 2.24) is 14.6 Å². The van der Waals surface area contributed by atoms with Crippen LogP contribution in [0.4, 0.5) is 0 Å². The van der Waals surface area contributed by atoms with Gasteiger partial charge in [-0.15, -0.1) is 0 Å². The molecule has 202 valence electrons. The second kappa shape index (κ2) is 9.97. The van der Waals surface area contributed by atoms with Gasteiger partial charge in [0.25, 0.3) is 0 Å². The number of para-hydroxylation sites is 1. The molecule has 1 unspecified atom stereocenters. The van der Waals surface area contributed by atoms with Crippen molar-refractivity contribution in [2.75, 3.05) is 13.1 Å². The number of rotatable bonds is 8. The number of amides is 2. The monoisotopic (exact) mass is 540 g/mol. The molecule has 0 saturated carbocycles. The van der Waals surface area contributed by atoms with Crippen LogP contribution in [-0.2, 0) is 26.2 Å². The number of aromatic nitrogens is 1. The summed E-state index contributed by atoms with van der Waals surface area (Å²) in [6.45, 7) is 6.98. The number of nitrogens with one attached hydrogen (secondary N) is 1. The lowest BCUT2D eigenvalue weighted by atomic mass is 9.82. The Hall–Kier alpha value is -3.54. The Labute approximate surface area is 221 Å². The summed E-state index contributed by atoms with van der Waals surface area (Å²) in [5.74, 6) is -0.860. The second-order valence-corrected chi connectivity index (χ2v) is 12.4. The van der Waals surface area contributed by atoms with E-state index in [4.69, 9.17) is 10.5 Å². The molecular weight excluding hydrogens is 508 g/mol. The smallest absolute Gasteiger partial charge is 0.248 e. The highest BCUT2D eigenvalue weighted by molar-refractivity contribution is 7.89. The van der Waals surface area contributed by atoms with Crippen LogP contribution in [0.1, 0.15) is 32.0 Å². The largest absolute Gasteiger partial charge is 0.489 e. The number of sulfonamides is 1. The molecule has 1 aromatic heterocycles. The van der Waals surface area contributed by atoms with Gasteiger partial charge in [0, 0.05) is 35.1 Å². The highest BCUT2D eigenvalue weighted by atomic mass is 32.2. The number of hydrogen-bond donors (Lipinski definition) is 3. The first-order valence-electron chi connectivity index (χ1n) is 12.1. The molecule has 1 saturated heterocycles. The Bertz CT molecular complexity index is 1480. The Kier molecular flexibility index (Phi) is 7.21. The summed E-state index contributed by atoms with van der Waals surface area (Å²) >= 11 is 0. The van der Waals surface area contributed by atoms with Crippen molar-refractivity contribution < 1.29 is 27.9 Å². The first kappa shape index (κ1) is 27.5. The van der Waals surface area contributed by atoms with Gasteiger partial charge in [-0.2, -0.15) is 4.72 Å². The number of pyridine rings is 1. The Morgan fingerprint density at radius 2 is 1.79 bits per heavy atom. The Balaban J connectivity index is 1.49. The number of aryl methyl sites for hydroxylation is 1. The van der Waals surface area contributed by atoms with Crippen LogP contribution in [0.5, 0.6) is 5.75 Å². The zero-order valence-electron chi connectivity index (χ0n) is 21.8. The second-order valence-electron chi connectivity index (χ2n) is 10.7. The maximum atomic E-state index is 13.2. The van der Waals surface area contributed by atoms with Crippen LogP contribution in [0.25, 0.3) is 10.9 Å². The average molecular weight is 541 g/mol. The van der Waals surface area contributed by atoms with Crippen molar-refractivity contribution in [1.29, 1.82) is 0 Å². The lowest BCUT2D eigenvalue weighted by molar-refractivity contribution is -0.156. The number of benzene rings is 2. The molecule has 4 rings (SSSR count). The van der Waals surface area contributed by atoms with Crippen molar-refractivity contribution in [3.05, 3.63) is 65.9 Å². The number of hydrogen-bond acceptors (Lipinski definition) is 7. The van der Waals surface area contributed by atoms with Crippen LogP contribution in [0.15, 0.2) is 59.5 Å². The number of ether oxygens (including phenoxy) is 1. The van der Waals surface area contributed by atoms with E-state index in [0.29, 0.717) is 5.75 Å². The summed E-state index contributed by atoms with van der Waals surface area (Å²) in [7, 11) is -4.18. The number of primary amides is 1. The average Bonchev–Trinajstić information content (AvgIpc) is 2.83. The van der Waals surface area contributed by atoms with Crippen LogP contribution in [-0.4, -0.2) is 60.0 Å². The van der Waals surface area contributed by atoms with Crippen molar-refractivity contribution in [3.8, 4) is 5.75 Å². The molecule has 10 nitrogen and oxygen atoms in total. The summed E-state index contributed by atoms with van der Waals surface area (Å²) in [6.07, 6.45) is -1.82. The number of likely N-dealkylation sites (tertiary alicyclic amines) is 1. The molecule has 2 heterocycles. The fraction of sp³-hybridized carbons (Fsp3) is 0.370. The van der Waals surface area contributed by atoms with Gasteiger partial charge in [0.2, 0.25) is 21.8 Å². The molecular formula is C27H32N4O6S. The van der Waals surface area contributed by atoms with Gasteiger partial charge < -0.3 is 20.5 Å². The molecule has 1 aliphatic rings. The predicted molar refractivity (Wildman–Crippen MR) is 142 cm³/mol. The Morgan fingerprint density at radius 1 is 1.16 bits per heavy atom. The summed E-state index contributed by atoms with van der Waals surface area (Å²) in [5.41, 5.74) is 5.64. The molecule has 1 fully saturated rings. The van der Waals surface area contributed by atoms with E-state index in [1.807, 2.05) is 37.3 Å². The fourth-order valence-electron chi connectivity index (χ4n) is 4.54. The minimum Gasteiger partial charge on any atom is -0.489 e. The van der Waals surface area contributed by atoms with Gasteiger partial charge >= 0.3 is 0 Å². The molecule has 38 heavy (non-hydrogen) atoms. The number of nitrogens with zero attached hydrogens (tertiary/aromatic N) is 2. The lowest BCUT2D eigenvalue weighted by Gasteiger charge is -2.52. The molecule has 0 radical (unpaired) electrons. The van der Waals surface area contributed by atoms with E-state index in [1.165, 1.54) is 29.2 Å². The quantitative estimate of drug-likeness (QED) is 0.394. The topological polar surface area (TPSA) is 152 Å². The molecule has 4 N–H and O–H groups in total. The number of aliphatic hydroxyl groups excluding tert-OH is 1. The summed E-state index contributed by atoms with van der Waals surface area (Å²) in [6, 6.07) is 15.5. The van der Waals surface area contributed by atoms with Crippen molar-refractivity contribution >= 4 is 32.7 Å². The van der Waals surface area contributed by atoms with Gasteiger partial charge in [-0.3, -0.25) is 14.6 Å². The molecule has 3 aromatic rings. The van der Waals surface area contributed by atoms with E-state index >= 15 is 0 Å². The Morgan fingerprint density at radius 3 is 2.39 bits per heavy atom. The highest BCUT2D eigenvalue weighted by Crippen LogP contribution is 2.32. The van der Waals surface area contributed by atoms with Crippen LogP contribution in [0.3, 0.4) is 0 Å².